The first-order valence-electron chi connectivity index (χ1n) is 8.74. The van der Waals surface area contributed by atoms with Gasteiger partial charge >= 0.3 is 0 Å². The van der Waals surface area contributed by atoms with Crippen molar-refractivity contribution in [3.8, 4) is 0 Å². The minimum Gasteiger partial charge on any atom is -0.389 e. The molecule has 2 aliphatic rings. The van der Waals surface area contributed by atoms with E-state index in [4.69, 9.17) is 4.74 Å². The Bertz CT molecular complexity index is 505. The molecule has 0 spiro atoms. The third-order valence-electron chi connectivity index (χ3n) is 5.38. The summed E-state index contributed by atoms with van der Waals surface area (Å²) < 4.78 is 5.96. The van der Waals surface area contributed by atoms with Gasteiger partial charge < -0.3 is 14.9 Å². The highest BCUT2D eigenvalue weighted by atomic mass is 16.6. The molecule has 0 saturated carbocycles. The quantitative estimate of drug-likeness (QED) is 0.569. The Labute approximate surface area is 140 Å². The summed E-state index contributed by atoms with van der Waals surface area (Å²) in [5.41, 5.74) is 3.09. The van der Waals surface area contributed by atoms with Crippen molar-refractivity contribution in [1.82, 2.24) is 0 Å². The predicted molar refractivity (Wildman–Crippen MR) is 94.2 cm³/mol. The van der Waals surface area contributed by atoms with Gasteiger partial charge in [0.2, 0.25) is 0 Å². The normalized spacial score (nSPS) is 44.1. The van der Waals surface area contributed by atoms with E-state index in [9.17, 15) is 10.2 Å². The van der Waals surface area contributed by atoms with E-state index in [0.29, 0.717) is 12.8 Å². The number of hydrogen-bond acceptors (Lipinski definition) is 3. The molecule has 130 valence electrons. The van der Waals surface area contributed by atoms with Crippen LogP contribution in [0.3, 0.4) is 0 Å². The molecule has 1 aliphatic carbocycles. The van der Waals surface area contributed by atoms with Crippen LogP contribution in [0.15, 0.2) is 35.5 Å². The van der Waals surface area contributed by atoms with Crippen LogP contribution in [0.5, 0.6) is 0 Å². The first-order valence-corrected chi connectivity index (χ1v) is 8.74. The van der Waals surface area contributed by atoms with Crippen LogP contribution in [0.25, 0.3) is 0 Å². The molecule has 1 saturated heterocycles. The van der Waals surface area contributed by atoms with Crippen molar-refractivity contribution in [1.29, 1.82) is 0 Å². The van der Waals surface area contributed by atoms with Gasteiger partial charge in [-0.2, -0.15) is 0 Å². The second-order valence-electron chi connectivity index (χ2n) is 7.72. The summed E-state index contributed by atoms with van der Waals surface area (Å²) in [6.07, 6.45) is 7.36. The highest BCUT2D eigenvalue weighted by molar-refractivity contribution is 5.14. The summed E-state index contributed by atoms with van der Waals surface area (Å²) in [4.78, 5) is 0. The molecule has 23 heavy (non-hydrogen) atoms. The van der Waals surface area contributed by atoms with Crippen molar-refractivity contribution >= 4 is 0 Å². The first-order chi connectivity index (χ1) is 10.7. The van der Waals surface area contributed by atoms with Gasteiger partial charge in [0.15, 0.2) is 0 Å². The predicted octanol–water partition coefficient (Wildman–Crippen LogP) is 3.91. The summed E-state index contributed by atoms with van der Waals surface area (Å²) in [6.45, 7) is 12.3. The molecule has 3 nitrogen and oxygen atoms in total. The van der Waals surface area contributed by atoms with Crippen LogP contribution in [0.2, 0.25) is 0 Å². The van der Waals surface area contributed by atoms with E-state index in [0.717, 1.165) is 30.4 Å². The van der Waals surface area contributed by atoms with Gasteiger partial charge in [0.1, 0.15) is 0 Å². The van der Waals surface area contributed by atoms with Gasteiger partial charge in [-0.1, -0.05) is 29.9 Å². The van der Waals surface area contributed by atoms with Gasteiger partial charge in [-0.25, -0.2) is 0 Å². The van der Waals surface area contributed by atoms with Crippen molar-refractivity contribution < 1.29 is 14.9 Å². The Morgan fingerprint density at radius 3 is 2.65 bits per heavy atom. The fourth-order valence-corrected chi connectivity index (χ4v) is 3.51. The number of fused-ring (bicyclic) bond motifs is 1. The first kappa shape index (κ1) is 18.4. The molecule has 0 bridgehead atoms. The van der Waals surface area contributed by atoms with Gasteiger partial charge in [-0.3, -0.25) is 0 Å². The third kappa shape index (κ3) is 5.03. The topological polar surface area (TPSA) is 53.0 Å². The zero-order valence-electron chi connectivity index (χ0n) is 15.0. The van der Waals surface area contributed by atoms with E-state index in [2.05, 4.69) is 26.5 Å². The summed E-state index contributed by atoms with van der Waals surface area (Å²) >= 11 is 0. The lowest BCUT2D eigenvalue weighted by Crippen LogP contribution is -2.20. The molecule has 3 heteroatoms. The van der Waals surface area contributed by atoms with Crippen LogP contribution in [0.1, 0.15) is 59.8 Å². The van der Waals surface area contributed by atoms with Gasteiger partial charge in [0.05, 0.1) is 23.9 Å². The smallest absolute Gasteiger partial charge is 0.0923 e. The van der Waals surface area contributed by atoms with Crippen molar-refractivity contribution in [3.05, 3.63) is 35.5 Å². The lowest BCUT2D eigenvalue weighted by atomic mass is 9.85. The maximum Gasteiger partial charge on any atom is 0.0923 e. The zero-order valence-corrected chi connectivity index (χ0v) is 15.0. The average Bonchev–Trinajstić information content (AvgIpc) is 3.06. The van der Waals surface area contributed by atoms with Crippen LogP contribution in [-0.4, -0.2) is 34.1 Å². The molecule has 1 aliphatic heterocycles. The van der Waals surface area contributed by atoms with E-state index in [1.54, 1.807) is 6.08 Å². The molecule has 1 unspecified atom stereocenters. The Morgan fingerprint density at radius 2 is 2.00 bits per heavy atom. The van der Waals surface area contributed by atoms with Crippen molar-refractivity contribution in [2.24, 2.45) is 5.92 Å². The van der Waals surface area contributed by atoms with Crippen LogP contribution in [0, 0.1) is 5.92 Å². The highest BCUT2D eigenvalue weighted by Crippen LogP contribution is 2.45. The van der Waals surface area contributed by atoms with Crippen molar-refractivity contribution in [2.45, 2.75) is 83.7 Å². The van der Waals surface area contributed by atoms with Crippen molar-refractivity contribution in [3.63, 3.8) is 0 Å². The number of aliphatic hydroxyl groups is 2. The fourth-order valence-electron chi connectivity index (χ4n) is 3.51. The van der Waals surface area contributed by atoms with E-state index in [-0.39, 0.29) is 17.6 Å². The summed E-state index contributed by atoms with van der Waals surface area (Å²) in [7, 11) is 0. The van der Waals surface area contributed by atoms with E-state index in [1.165, 1.54) is 5.57 Å². The summed E-state index contributed by atoms with van der Waals surface area (Å²) in [6, 6.07) is 0. The number of rotatable bonds is 1. The Balaban J connectivity index is 2.18. The second kappa shape index (κ2) is 7.33. The maximum absolute atomic E-state index is 10.5. The SMILES string of the molecule is C=C(C)C1C[C@H](O)/C(C)=C/[C@H](O)C/C(C)=C/CC[C@]2(C)O[C@@H]2C1. The fraction of sp³-hybridized carbons (Fsp3) is 0.700. The molecule has 0 radical (unpaired) electrons. The molecule has 5 atom stereocenters. The van der Waals surface area contributed by atoms with Crippen LogP contribution in [-0.2, 0) is 4.74 Å². The van der Waals surface area contributed by atoms with Gasteiger partial charge in [-0.15, -0.1) is 0 Å². The average molecular weight is 320 g/mol. The van der Waals surface area contributed by atoms with Crippen molar-refractivity contribution in [2.75, 3.05) is 0 Å². The Hall–Kier alpha value is -0.900. The number of aliphatic hydroxyl groups excluding tert-OH is 2. The number of hydrogen-bond donors (Lipinski definition) is 2. The molecule has 0 amide bonds. The molecule has 0 aromatic carbocycles. The van der Waals surface area contributed by atoms with Gasteiger partial charge in [0, 0.05) is 0 Å². The Kier molecular flexibility index (Phi) is 5.88. The molecule has 1 heterocycles. The van der Waals surface area contributed by atoms with E-state index < -0.39 is 12.2 Å². The largest absolute Gasteiger partial charge is 0.389 e. The van der Waals surface area contributed by atoms with Gasteiger partial charge in [0.25, 0.3) is 0 Å². The number of epoxide rings is 1. The molecule has 0 aromatic heterocycles. The second-order valence-corrected chi connectivity index (χ2v) is 7.72. The van der Waals surface area contributed by atoms with Gasteiger partial charge in [-0.05, 0) is 71.3 Å². The Morgan fingerprint density at radius 1 is 1.30 bits per heavy atom. The summed E-state index contributed by atoms with van der Waals surface area (Å²) in [5, 5.41) is 20.7. The zero-order chi connectivity index (χ0) is 17.2. The van der Waals surface area contributed by atoms with E-state index in [1.807, 2.05) is 13.8 Å². The highest BCUT2D eigenvalue weighted by Gasteiger charge is 2.51. The minimum absolute atomic E-state index is 0.0386. The maximum atomic E-state index is 10.5. The van der Waals surface area contributed by atoms with Crippen LogP contribution >= 0.6 is 0 Å². The van der Waals surface area contributed by atoms with E-state index >= 15 is 0 Å². The standard InChI is InChI=1S/C20H32O3/c1-13(2)16-11-18(22)15(4)10-17(21)9-14(3)7-6-8-20(5)19(12-16)23-20/h7,10,16-19,21-22H,1,6,8-9,11-12H2,2-5H3/b14-7+,15-10+/t16?,17-,18+,19-,20+/m1/s1. The molecule has 1 fully saturated rings. The molecular formula is C20H32O3. The molecule has 2 rings (SSSR count). The van der Waals surface area contributed by atoms with Crippen LogP contribution < -0.4 is 0 Å². The number of allylic oxidation sites excluding steroid dienone is 2. The van der Waals surface area contributed by atoms with Crippen LogP contribution in [0.4, 0.5) is 0 Å². The lowest BCUT2D eigenvalue weighted by molar-refractivity contribution is 0.171. The minimum atomic E-state index is -0.538. The summed E-state index contributed by atoms with van der Waals surface area (Å²) in [5.74, 6) is 0.248. The molecular weight excluding hydrogens is 288 g/mol. The number of ether oxygens (including phenoxy) is 1. The third-order valence-corrected chi connectivity index (χ3v) is 5.38. The molecule has 2 N–H and O–H groups in total. The monoisotopic (exact) mass is 320 g/mol. The molecule has 0 aromatic rings. The lowest BCUT2D eigenvalue weighted by Gasteiger charge is -2.22.